The van der Waals surface area contributed by atoms with Gasteiger partial charge in [-0.15, -0.1) is 0 Å². The van der Waals surface area contributed by atoms with Crippen molar-refractivity contribution in [1.82, 2.24) is 9.97 Å². The predicted octanol–water partition coefficient (Wildman–Crippen LogP) is 6.74. The molecule has 0 amide bonds. The van der Waals surface area contributed by atoms with Gasteiger partial charge < -0.3 is 4.74 Å². The third-order valence-electron chi connectivity index (χ3n) is 4.41. The van der Waals surface area contributed by atoms with Crippen molar-refractivity contribution in [2.24, 2.45) is 0 Å². The van der Waals surface area contributed by atoms with Crippen LogP contribution in [0, 0.1) is 0 Å². The molecular formula is C23H32N2O. The second kappa shape index (κ2) is 12.2. The van der Waals surface area contributed by atoms with Gasteiger partial charge in [0.05, 0.1) is 6.26 Å². The third kappa shape index (κ3) is 7.38. The Morgan fingerprint density at radius 2 is 1.54 bits per heavy atom. The van der Waals surface area contributed by atoms with Gasteiger partial charge in [-0.1, -0.05) is 46.0 Å². The summed E-state index contributed by atoms with van der Waals surface area (Å²) in [5, 5.41) is 0. The molecule has 0 aliphatic heterocycles. The van der Waals surface area contributed by atoms with Crippen LogP contribution < -0.4 is 4.74 Å². The molecule has 140 valence electrons. The average Bonchev–Trinajstić information content (AvgIpc) is 2.69. The van der Waals surface area contributed by atoms with Gasteiger partial charge in [0.25, 0.3) is 0 Å². The molecule has 3 heteroatoms. The molecular weight excluding hydrogens is 320 g/mol. The van der Waals surface area contributed by atoms with Gasteiger partial charge in [0.1, 0.15) is 5.75 Å². The molecule has 0 aliphatic carbocycles. The van der Waals surface area contributed by atoms with Crippen molar-refractivity contribution in [3.63, 3.8) is 0 Å². The summed E-state index contributed by atoms with van der Waals surface area (Å²) in [6.45, 7) is 4.44. The molecule has 0 saturated carbocycles. The number of rotatable bonds is 12. The monoisotopic (exact) mass is 352 g/mol. The van der Waals surface area contributed by atoms with E-state index in [4.69, 9.17) is 4.74 Å². The zero-order valence-electron chi connectivity index (χ0n) is 16.3. The average molecular weight is 353 g/mol. The van der Waals surface area contributed by atoms with Crippen LogP contribution in [0.2, 0.25) is 0 Å². The van der Waals surface area contributed by atoms with Gasteiger partial charge in [-0.05, 0) is 61.6 Å². The molecule has 1 aromatic carbocycles. The molecule has 0 radical (unpaired) electrons. The van der Waals surface area contributed by atoms with Gasteiger partial charge in [-0.25, -0.2) is 9.97 Å². The number of hydrogen-bond acceptors (Lipinski definition) is 3. The minimum atomic E-state index is 0.768. The highest BCUT2D eigenvalue weighted by atomic mass is 16.5. The van der Waals surface area contributed by atoms with Crippen LogP contribution in [0.5, 0.6) is 5.75 Å². The molecule has 0 atom stereocenters. The van der Waals surface area contributed by atoms with E-state index in [0.717, 1.165) is 30.0 Å². The van der Waals surface area contributed by atoms with Gasteiger partial charge >= 0.3 is 0 Å². The second-order valence-electron chi connectivity index (χ2n) is 6.74. The van der Waals surface area contributed by atoms with Crippen molar-refractivity contribution in [1.29, 1.82) is 0 Å². The number of aromatic nitrogens is 2. The molecule has 2 aromatic rings. The third-order valence-corrected chi connectivity index (χ3v) is 4.41. The van der Waals surface area contributed by atoms with E-state index < -0.39 is 0 Å². The van der Waals surface area contributed by atoms with Gasteiger partial charge in [-0.3, -0.25) is 0 Å². The Hall–Kier alpha value is -2.16. The van der Waals surface area contributed by atoms with Crippen LogP contribution in [-0.4, -0.2) is 9.97 Å². The van der Waals surface area contributed by atoms with Crippen molar-refractivity contribution >= 4 is 0 Å². The van der Waals surface area contributed by atoms with Crippen LogP contribution in [0.3, 0.4) is 0 Å². The van der Waals surface area contributed by atoms with Crippen molar-refractivity contribution in [3.05, 3.63) is 54.6 Å². The first-order valence-electron chi connectivity index (χ1n) is 10.1. The summed E-state index contributed by atoms with van der Waals surface area (Å²) in [5.41, 5.74) is 2.24. The maximum Gasteiger partial charge on any atom is 0.159 e. The molecule has 1 aromatic heterocycles. The highest BCUT2D eigenvalue weighted by Gasteiger charge is 2.02. The predicted molar refractivity (Wildman–Crippen MR) is 109 cm³/mol. The fourth-order valence-electron chi connectivity index (χ4n) is 2.76. The summed E-state index contributed by atoms with van der Waals surface area (Å²) in [6.07, 6.45) is 18.8. The first kappa shape index (κ1) is 20.2. The van der Waals surface area contributed by atoms with Crippen LogP contribution in [0.15, 0.2) is 49.0 Å². The normalized spacial score (nSPS) is 11.2. The Morgan fingerprint density at radius 1 is 0.846 bits per heavy atom. The van der Waals surface area contributed by atoms with E-state index in [0.29, 0.717) is 0 Å². The van der Waals surface area contributed by atoms with Crippen LogP contribution >= 0.6 is 0 Å². The highest BCUT2D eigenvalue weighted by molar-refractivity contribution is 5.55. The molecule has 0 unspecified atom stereocenters. The van der Waals surface area contributed by atoms with Gasteiger partial charge in [-0.2, -0.15) is 0 Å². The van der Waals surface area contributed by atoms with E-state index in [1.807, 2.05) is 36.7 Å². The smallest absolute Gasteiger partial charge is 0.159 e. The molecule has 0 saturated heterocycles. The standard InChI is InChI=1S/C23H32N2O/c1-3-5-7-9-10-12-20-18-24-23(25-19-20)21-13-15-22(16-14-21)26-17-11-8-6-4-2/h11,13-19H,3-10,12H2,1-2H3/b17-11+. The maximum atomic E-state index is 5.61. The van der Waals surface area contributed by atoms with Crippen LogP contribution in [0.1, 0.15) is 70.8 Å². The summed E-state index contributed by atoms with van der Waals surface area (Å²) in [4.78, 5) is 9.05. The molecule has 3 nitrogen and oxygen atoms in total. The fourth-order valence-corrected chi connectivity index (χ4v) is 2.76. The number of unbranched alkanes of at least 4 members (excludes halogenated alkanes) is 6. The number of benzene rings is 1. The number of ether oxygens (including phenoxy) is 1. The van der Waals surface area contributed by atoms with E-state index in [2.05, 4.69) is 29.9 Å². The number of nitrogens with zero attached hydrogens (tertiary/aromatic N) is 2. The van der Waals surface area contributed by atoms with Gasteiger partial charge in [0, 0.05) is 18.0 Å². The zero-order valence-corrected chi connectivity index (χ0v) is 16.3. The lowest BCUT2D eigenvalue weighted by Crippen LogP contribution is -1.93. The molecule has 0 spiro atoms. The molecule has 0 aliphatic rings. The van der Waals surface area contributed by atoms with Crippen LogP contribution in [-0.2, 0) is 6.42 Å². The van der Waals surface area contributed by atoms with Crippen LogP contribution in [0.25, 0.3) is 11.4 Å². The quantitative estimate of drug-likeness (QED) is 0.313. The van der Waals surface area contributed by atoms with E-state index >= 15 is 0 Å². The van der Waals surface area contributed by atoms with Crippen molar-refractivity contribution in [2.45, 2.75) is 71.6 Å². The SMILES string of the molecule is CCCC/C=C/Oc1ccc(-c2ncc(CCCCCCC)cn2)cc1. The number of aryl methyl sites for hydroxylation is 1. The Kier molecular flexibility index (Phi) is 9.48. The summed E-state index contributed by atoms with van der Waals surface area (Å²) < 4.78 is 5.61. The topological polar surface area (TPSA) is 35.0 Å². The maximum absolute atomic E-state index is 5.61. The Balaban J connectivity index is 1.81. The number of hydrogen-bond donors (Lipinski definition) is 0. The second-order valence-corrected chi connectivity index (χ2v) is 6.74. The van der Waals surface area contributed by atoms with E-state index in [-0.39, 0.29) is 0 Å². The molecule has 0 fully saturated rings. The van der Waals surface area contributed by atoms with Gasteiger partial charge in [0.15, 0.2) is 5.82 Å². The summed E-state index contributed by atoms with van der Waals surface area (Å²) in [6, 6.07) is 7.94. The zero-order chi connectivity index (χ0) is 18.5. The molecule has 0 bridgehead atoms. The van der Waals surface area contributed by atoms with E-state index in [9.17, 15) is 0 Å². The number of allylic oxidation sites excluding steroid dienone is 1. The largest absolute Gasteiger partial charge is 0.465 e. The minimum absolute atomic E-state index is 0.768. The lowest BCUT2D eigenvalue weighted by atomic mass is 10.1. The van der Waals surface area contributed by atoms with E-state index in [1.54, 1.807) is 6.26 Å². The first-order chi connectivity index (χ1) is 12.8. The Bertz CT molecular complexity index is 632. The minimum Gasteiger partial charge on any atom is -0.465 e. The van der Waals surface area contributed by atoms with Gasteiger partial charge in [0.2, 0.25) is 0 Å². The summed E-state index contributed by atoms with van der Waals surface area (Å²) in [5.74, 6) is 1.61. The molecule has 0 N–H and O–H groups in total. The Labute approximate surface area is 158 Å². The highest BCUT2D eigenvalue weighted by Crippen LogP contribution is 2.20. The lowest BCUT2D eigenvalue weighted by molar-refractivity contribution is 0.478. The van der Waals surface area contributed by atoms with Crippen molar-refractivity contribution < 1.29 is 4.74 Å². The lowest BCUT2D eigenvalue weighted by Gasteiger charge is -2.05. The molecule has 2 rings (SSSR count). The first-order valence-corrected chi connectivity index (χ1v) is 10.1. The van der Waals surface area contributed by atoms with Crippen molar-refractivity contribution in [3.8, 4) is 17.1 Å². The summed E-state index contributed by atoms with van der Waals surface area (Å²) >= 11 is 0. The fraction of sp³-hybridized carbons (Fsp3) is 0.478. The van der Waals surface area contributed by atoms with Crippen LogP contribution in [0.4, 0.5) is 0 Å². The summed E-state index contributed by atoms with van der Waals surface area (Å²) in [7, 11) is 0. The molecule has 1 heterocycles. The Morgan fingerprint density at radius 3 is 2.23 bits per heavy atom. The molecule has 26 heavy (non-hydrogen) atoms. The van der Waals surface area contributed by atoms with E-state index in [1.165, 1.54) is 50.5 Å². The van der Waals surface area contributed by atoms with Crippen molar-refractivity contribution in [2.75, 3.05) is 0 Å².